The first-order valence-electron chi connectivity index (χ1n) is 9.57. The van der Waals surface area contributed by atoms with Gasteiger partial charge in [0.25, 0.3) is 0 Å². The first kappa shape index (κ1) is 19.4. The second kappa shape index (κ2) is 9.03. The highest BCUT2D eigenvalue weighted by atomic mass is 19.1. The molecule has 1 aliphatic carbocycles. The van der Waals surface area contributed by atoms with Gasteiger partial charge in [-0.1, -0.05) is 6.07 Å². The molecule has 3 rings (SSSR count). The van der Waals surface area contributed by atoms with Gasteiger partial charge < -0.3 is 20.6 Å². The first-order chi connectivity index (χ1) is 13.0. The van der Waals surface area contributed by atoms with Crippen molar-refractivity contribution in [3.05, 3.63) is 29.6 Å². The van der Waals surface area contributed by atoms with E-state index >= 15 is 0 Å². The molecule has 0 atom stereocenters. The Hall–Kier alpha value is -2.35. The summed E-state index contributed by atoms with van der Waals surface area (Å²) < 4.78 is 13.5. The van der Waals surface area contributed by atoms with Gasteiger partial charge in [0.15, 0.2) is 17.5 Å². The standard InChI is InChI=1S/C19H28FN5O2/c1-2-21-19(22-12-14-3-6-17(26)16(20)11-14)25-9-7-24(8-10-25)13-18(27)23-15-4-5-15/h3,6,11,15,26H,2,4-5,7-10,12-13H2,1H3,(H,21,22)(H,23,27). The third-order valence-electron chi connectivity index (χ3n) is 4.74. The third-order valence-corrected chi connectivity index (χ3v) is 4.74. The molecule has 0 radical (unpaired) electrons. The van der Waals surface area contributed by atoms with Crippen molar-refractivity contribution >= 4 is 11.9 Å². The number of rotatable bonds is 6. The number of hydrogen-bond acceptors (Lipinski definition) is 4. The first-order valence-corrected chi connectivity index (χ1v) is 9.57. The van der Waals surface area contributed by atoms with Crippen LogP contribution in [0.5, 0.6) is 5.75 Å². The van der Waals surface area contributed by atoms with E-state index in [0.29, 0.717) is 24.7 Å². The van der Waals surface area contributed by atoms with E-state index in [2.05, 4.69) is 25.4 Å². The average molecular weight is 377 g/mol. The lowest BCUT2D eigenvalue weighted by molar-refractivity contribution is -0.122. The smallest absolute Gasteiger partial charge is 0.234 e. The van der Waals surface area contributed by atoms with Crippen molar-refractivity contribution in [1.29, 1.82) is 0 Å². The van der Waals surface area contributed by atoms with Gasteiger partial charge in [-0.25, -0.2) is 9.38 Å². The van der Waals surface area contributed by atoms with Crippen molar-refractivity contribution in [3.8, 4) is 5.75 Å². The largest absolute Gasteiger partial charge is 0.505 e. The van der Waals surface area contributed by atoms with Crippen LogP contribution in [-0.4, -0.2) is 72.1 Å². The van der Waals surface area contributed by atoms with E-state index in [-0.39, 0.29) is 11.7 Å². The molecule has 3 N–H and O–H groups in total. The van der Waals surface area contributed by atoms with Crippen LogP contribution in [0.3, 0.4) is 0 Å². The number of aromatic hydroxyl groups is 1. The number of phenolic OH excluding ortho intramolecular Hbond substituents is 1. The minimum Gasteiger partial charge on any atom is -0.505 e. The highest BCUT2D eigenvalue weighted by Gasteiger charge is 2.25. The number of aliphatic imine (C=N–C) groups is 1. The number of amides is 1. The fraction of sp³-hybridized carbons (Fsp3) is 0.579. The summed E-state index contributed by atoms with van der Waals surface area (Å²) in [5.41, 5.74) is 0.705. The molecule has 7 nitrogen and oxygen atoms in total. The van der Waals surface area contributed by atoms with Crippen LogP contribution in [0.25, 0.3) is 0 Å². The maximum atomic E-state index is 13.5. The van der Waals surface area contributed by atoms with Crippen LogP contribution < -0.4 is 10.6 Å². The summed E-state index contributed by atoms with van der Waals surface area (Å²) in [7, 11) is 0. The molecule has 148 valence electrons. The van der Waals surface area contributed by atoms with Crippen molar-refractivity contribution in [2.24, 2.45) is 4.99 Å². The van der Waals surface area contributed by atoms with Gasteiger partial charge in [0.2, 0.25) is 5.91 Å². The lowest BCUT2D eigenvalue weighted by Crippen LogP contribution is -2.54. The van der Waals surface area contributed by atoms with E-state index in [0.717, 1.165) is 51.5 Å². The molecule has 0 bridgehead atoms. The number of nitrogens with one attached hydrogen (secondary N) is 2. The molecule has 0 unspecified atom stereocenters. The molecule has 1 heterocycles. The number of guanidine groups is 1. The van der Waals surface area contributed by atoms with Crippen LogP contribution in [0.15, 0.2) is 23.2 Å². The zero-order valence-corrected chi connectivity index (χ0v) is 15.7. The minimum atomic E-state index is -0.634. The van der Waals surface area contributed by atoms with E-state index in [1.54, 1.807) is 6.07 Å². The molecule has 1 aromatic rings. The Morgan fingerprint density at radius 1 is 1.30 bits per heavy atom. The van der Waals surface area contributed by atoms with Crippen LogP contribution in [-0.2, 0) is 11.3 Å². The summed E-state index contributed by atoms with van der Waals surface area (Å²) in [5, 5.41) is 15.6. The Morgan fingerprint density at radius 2 is 2.04 bits per heavy atom. The van der Waals surface area contributed by atoms with Crippen LogP contribution in [0.4, 0.5) is 4.39 Å². The lowest BCUT2D eigenvalue weighted by atomic mass is 10.2. The fourth-order valence-corrected chi connectivity index (χ4v) is 3.06. The normalized spacial score (nSPS) is 18.4. The number of carbonyl (C=O) groups excluding carboxylic acids is 1. The predicted octanol–water partition coefficient (Wildman–Crippen LogP) is 0.893. The molecular formula is C19H28FN5O2. The summed E-state index contributed by atoms with van der Waals surface area (Å²) in [4.78, 5) is 20.9. The number of hydrogen-bond donors (Lipinski definition) is 3. The van der Waals surface area contributed by atoms with Crippen molar-refractivity contribution in [2.75, 3.05) is 39.3 Å². The Bertz CT molecular complexity index is 685. The van der Waals surface area contributed by atoms with Gasteiger partial charge in [-0.05, 0) is 37.5 Å². The number of benzene rings is 1. The summed E-state index contributed by atoms with van der Waals surface area (Å²) in [5.74, 6) is -0.0868. The molecule has 27 heavy (non-hydrogen) atoms. The van der Waals surface area contributed by atoms with Gasteiger partial charge in [-0.2, -0.15) is 0 Å². The Morgan fingerprint density at radius 3 is 2.67 bits per heavy atom. The van der Waals surface area contributed by atoms with E-state index < -0.39 is 5.82 Å². The monoisotopic (exact) mass is 377 g/mol. The maximum Gasteiger partial charge on any atom is 0.234 e. The van der Waals surface area contributed by atoms with Gasteiger partial charge in [-0.3, -0.25) is 9.69 Å². The van der Waals surface area contributed by atoms with Crippen molar-refractivity contribution in [2.45, 2.75) is 32.4 Å². The van der Waals surface area contributed by atoms with Crippen molar-refractivity contribution in [3.63, 3.8) is 0 Å². The summed E-state index contributed by atoms with van der Waals surface area (Å²) in [6.45, 7) is 6.71. The molecule has 0 spiro atoms. The fourth-order valence-electron chi connectivity index (χ4n) is 3.06. The Kier molecular flexibility index (Phi) is 6.49. The molecule has 1 aromatic carbocycles. The van der Waals surface area contributed by atoms with Crippen LogP contribution in [0.1, 0.15) is 25.3 Å². The van der Waals surface area contributed by atoms with Crippen molar-refractivity contribution < 1.29 is 14.3 Å². The highest BCUT2D eigenvalue weighted by molar-refractivity contribution is 5.80. The molecule has 0 aromatic heterocycles. The second-order valence-electron chi connectivity index (χ2n) is 7.06. The third kappa shape index (κ3) is 5.82. The highest BCUT2D eigenvalue weighted by Crippen LogP contribution is 2.18. The summed E-state index contributed by atoms with van der Waals surface area (Å²) in [6.07, 6.45) is 2.21. The average Bonchev–Trinajstić information content (AvgIpc) is 3.46. The van der Waals surface area contributed by atoms with Crippen LogP contribution in [0, 0.1) is 5.82 Å². The van der Waals surface area contributed by atoms with Crippen LogP contribution >= 0.6 is 0 Å². The Labute approximate surface area is 159 Å². The van der Waals surface area contributed by atoms with Gasteiger partial charge in [0, 0.05) is 38.8 Å². The number of phenols is 1. The number of carbonyl (C=O) groups is 1. The summed E-state index contributed by atoms with van der Waals surface area (Å²) >= 11 is 0. The molecule has 1 saturated carbocycles. The molecule has 1 aliphatic heterocycles. The molecule has 1 saturated heterocycles. The maximum absolute atomic E-state index is 13.5. The lowest BCUT2D eigenvalue weighted by Gasteiger charge is -2.36. The molecule has 1 amide bonds. The van der Waals surface area contributed by atoms with Crippen LogP contribution in [0.2, 0.25) is 0 Å². The summed E-state index contributed by atoms with van der Waals surface area (Å²) in [6, 6.07) is 4.72. The quantitative estimate of drug-likeness (QED) is 0.507. The van der Waals surface area contributed by atoms with Gasteiger partial charge >= 0.3 is 0 Å². The number of nitrogens with zero attached hydrogens (tertiary/aromatic N) is 3. The van der Waals surface area contributed by atoms with E-state index in [9.17, 15) is 14.3 Å². The molecule has 2 aliphatic rings. The van der Waals surface area contributed by atoms with E-state index in [1.807, 2.05) is 6.92 Å². The van der Waals surface area contributed by atoms with Gasteiger partial charge in [0.05, 0.1) is 13.1 Å². The molecule has 2 fully saturated rings. The van der Waals surface area contributed by atoms with Crippen molar-refractivity contribution in [1.82, 2.24) is 20.4 Å². The SMILES string of the molecule is CCNC(=NCc1ccc(O)c(F)c1)N1CCN(CC(=O)NC2CC2)CC1. The zero-order chi connectivity index (χ0) is 19.2. The molecular weight excluding hydrogens is 349 g/mol. The predicted molar refractivity (Wildman–Crippen MR) is 102 cm³/mol. The minimum absolute atomic E-state index is 0.112. The number of piperazine rings is 1. The topological polar surface area (TPSA) is 80.2 Å². The van der Waals surface area contributed by atoms with Gasteiger partial charge in [0.1, 0.15) is 0 Å². The second-order valence-corrected chi connectivity index (χ2v) is 7.06. The zero-order valence-electron chi connectivity index (χ0n) is 15.7. The molecule has 8 heteroatoms. The van der Waals surface area contributed by atoms with E-state index in [4.69, 9.17) is 0 Å². The number of halogens is 1. The Balaban J connectivity index is 1.52. The van der Waals surface area contributed by atoms with E-state index in [1.165, 1.54) is 12.1 Å². The van der Waals surface area contributed by atoms with Gasteiger partial charge in [-0.15, -0.1) is 0 Å².